The molecule has 0 atom stereocenters. The second-order valence-corrected chi connectivity index (χ2v) is 8.18. The van der Waals surface area contributed by atoms with Crippen molar-refractivity contribution in [3.8, 4) is 22.9 Å². The van der Waals surface area contributed by atoms with Crippen LogP contribution in [0.2, 0.25) is 5.02 Å². The number of para-hydroxylation sites is 1. The Balaban J connectivity index is 2.09. The smallest absolute Gasteiger partial charge is 0.285 e. The number of sulfonamides is 1. The molecule has 0 amide bonds. The molecule has 0 aliphatic rings. The molecule has 7 nitrogen and oxygen atoms in total. The second kappa shape index (κ2) is 8.03. The summed E-state index contributed by atoms with van der Waals surface area (Å²) in [6.07, 6.45) is 4.19. The summed E-state index contributed by atoms with van der Waals surface area (Å²) in [4.78, 5) is 1.48. The highest BCUT2D eigenvalue weighted by molar-refractivity contribution is 7.90. The number of halogens is 2. The highest BCUT2D eigenvalue weighted by Crippen LogP contribution is 2.32. The number of nitrogens with zero attached hydrogens (tertiary/aromatic N) is 5. The van der Waals surface area contributed by atoms with Crippen LogP contribution in [0.4, 0.5) is 4.39 Å². The van der Waals surface area contributed by atoms with Gasteiger partial charge in [-0.1, -0.05) is 23.7 Å². The third-order valence-electron chi connectivity index (χ3n) is 3.90. The van der Waals surface area contributed by atoms with E-state index in [1.165, 1.54) is 34.2 Å². The number of hydrogen-bond acceptors (Lipinski definition) is 4. The van der Waals surface area contributed by atoms with Crippen molar-refractivity contribution in [3.63, 3.8) is 0 Å². The van der Waals surface area contributed by atoms with E-state index in [0.29, 0.717) is 11.1 Å². The molecule has 0 fully saturated rings. The fraction of sp³-hybridized carbons (Fsp3) is 0.105. The fourth-order valence-electron chi connectivity index (χ4n) is 2.55. The molecule has 0 radical (unpaired) electrons. The van der Waals surface area contributed by atoms with Gasteiger partial charge < -0.3 is 4.90 Å². The van der Waals surface area contributed by atoms with Gasteiger partial charge in [0, 0.05) is 31.4 Å². The summed E-state index contributed by atoms with van der Waals surface area (Å²) in [6.45, 7) is 0. The van der Waals surface area contributed by atoms with Gasteiger partial charge in [0.15, 0.2) is 0 Å². The summed E-state index contributed by atoms with van der Waals surface area (Å²) in [5.41, 5.74) is 0.920. The minimum Gasteiger partial charge on any atom is -0.368 e. The van der Waals surface area contributed by atoms with Crippen molar-refractivity contribution < 1.29 is 12.8 Å². The Kier molecular flexibility index (Phi) is 5.68. The van der Waals surface area contributed by atoms with E-state index in [0.717, 1.165) is 6.07 Å². The van der Waals surface area contributed by atoms with Crippen molar-refractivity contribution in [1.29, 1.82) is 5.26 Å². The Morgan fingerprint density at radius 1 is 1.28 bits per heavy atom. The number of aromatic nitrogens is 2. The van der Waals surface area contributed by atoms with Gasteiger partial charge in [-0.25, -0.2) is 9.07 Å². The lowest BCUT2D eigenvalue weighted by Gasteiger charge is -2.08. The number of benzene rings is 2. The molecule has 0 unspecified atom stereocenters. The maximum Gasteiger partial charge on any atom is 0.285 e. The monoisotopic (exact) mass is 431 g/mol. The van der Waals surface area contributed by atoms with Crippen LogP contribution in [0, 0.1) is 17.1 Å². The first-order chi connectivity index (χ1) is 13.7. The van der Waals surface area contributed by atoms with Crippen molar-refractivity contribution >= 4 is 28.0 Å². The average molecular weight is 432 g/mol. The molecule has 2 aromatic carbocycles. The Hall–Kier alpha value is -3.22. The van der Waals surface area contributed by atoms with Crippen molar-refractivity contribution in [2.45, 2.75) is 4.90 Å². The molecule has 148 valence electrons. The van der Waals surface area contributed by atoms with Gasteiger partial charge in [-0.05, 0) is 24.3 Å². The summed E-state index contributed by atoms with van der Waals surface area (Å²) in [6, 6.07) is 10.6. The maximum absolute atomic E-state index is 13.7. The Bertz CT molecular complexity index is 1250. The highest BCUT2D eigenvalue weighted by atomic mass is 35.5. The van der Waals surface area contributed by atoms with Crippen LogP contribution in [0.15, 0.2) is 58.1 Å². The third kappa shape index (κ3) is 4.13. The lowest BCUT2D eigenvalue weighted by molar-refractivity contribution is 0.593. The lowest BCUT2D eigenvalue weighted by atomic mass is 10.1. The molecular formula is C19H15ClFN5O2S. The largest absolute Gasteiger partial charge is 0.368 e. The van der Waals surface area contributed by atoms with E-state index in [4.69, 9.17) is 16.9 Å². The van der Waals surface area contributed by atoms with Crippen molar-refractivity contribution in [3.05, 3.63) is 65.2 Å². The molecule has 0 saturated heterocycles. The standard InChI is InChI=1S/C19H15ClFN5O2S/c1-25(2)12-24-29(27,28)18-6-4-3-5-17(18)26-11-13(10-23-26)14-7-8-16(21)15(9-22)19(14)20/h3-8,10-12H,1-2H3/b24-12+. The molecule has 3 rings (SSSR count). The lowest BCUT2D eigenvalue weighted by Crippen LogP contribution is -2.11. The van der Waals surface area contributed by atoms with Crippen LogP contribution in [-0.4, -0.2) is 43.5 Å². The maximum atomic E-state index is 13.7. The molecule has 10 heteroatoms. The van der Waals surface area contributed by atoms with Crippen LogP contribution >= 0.6 is 11.6 Å². The van der Waals surface area contributed by atoms with E-state index >= 15 is 0 Å². The zero-order valence-electron chi connectivity index (χ0n) is 15.4. The molecule has 0 aliphatic carbocycles. The SMILES string of the molecule is CN(C)/C=N/S(=O)(=O)c1ccccc1-n1cc(-c2ccc(F)c(C#N)c2Cl)cn1. The van der Waals surface area contributed by atoms with Crippen LogP contribution < -0.4 is 0 Å². The van der Waals surface area contributed by atoms with E-state index in [1.807, 2.05) is 0 Å². The first kappa shape index (κ1) is 20.5. The molecular weight excluding hydrogens is 417 g/mol. The van der Waals surface area contributed by atoms with E-state index in [-0.39, 0.29) is 21.2 Å². The molecule has 0 aliphatic heterocycles. The quantitative estimate of drug-likeness (QED) is 0.455. The summed E-state index contributed by atoms with van der Waals surface area (Å²) >= 11 is 6.16. The van der Waals surface area contributed by atoms with Crippen molar-refractivity contribution in [1.82, 2.24) is 14.7 Å². The van der Waals surface area contributed by atoms with Crippen LogP contribution in [0.1, 0.15) is 5.56 Å². The predicted molar refractivity (Wildman–Crippen MR) is 108 cm³/mol. The number of hydrogen-bond donors (Lipinski definition) is 0. The van der Waals surface area contributed by atoms with Crippen LogP contribution in [0.25, 0.3) is 16.8 Å². The molecule has 0 bridgehead atoms. The van der Waals surface area contributed by atoms with Gasteiger partial charge in [-0.3, -0.25) is 0 Å². The average Bonchev–Trinajstić information content (AvgIpc) is 3.17. The van der Waals surface area contributed by atoms with Gasteiger partial charge in [0.05, 0.1) is 16.9 Å². The highest BCUT2D eigenvalue weighted by Gasteiger charge is 2.20. The third-order valence-corrected chi connectivity index (χ3v) is 5.57. The van der Waals surface area contributed by atoms with Crippen LogP contribution in [-0.2, 0) is 10.0 Å². The molecule has 0 spiro atoms. The van der Waals surface area contributed by atoms with Crippen molar-refractivity contribution in [2.75, 3.05) is 14.1 Å². The zero-order valence-corrected chi connectivity index (χ0v) is 17.0. The number of rotatable bonds is 5. The van der Waals surface area contributed by atoms with Gasteiger partial charge in [0.25, 0.3) is 10.0 Å². The van der Waals surface area contributed by atoms with Crippen molar-refractivity contribution in [2.24, 2.45) is 4.40 Å². The van der Waals surface area contributed by atoms with Crippen LogP contribution in [0.5, 0.6) is 0 Å². The second-order valence-electron chi connectivity index (χ2n) is 6.20. The fourth-order valence-corrected chi connectivity index (χ4v) is 3.96. The van der Waals surface area contributed by atoms with E-state index < -0.39 is 15.8 Å². The van der Waals surface area contributed by atoms with Crippen LogP contribution in [0.3, 0.4) is 0 Å². The van der Waals surface area contributed by atoms with Gasteiger partial charge in [-0.15, -0.1) is 4.40 Å². The molecule has 0 N–H and O–H groups in total. The summed E-state index contributed by atoms with van der Waals surface area (Å²) in [5.74, 6) is -0.719. The first-order valence-electron chi connectivity index (χ1n) is 8.24. The molecule has 1 heterocycles. The van der Waals surface area contributed by atoms with Gasteiger partial charge in [0.1, 0.15) is 28.7 Å². The minimum atomic E-state index is -3.97. The molecule has 3 aromatic rings. The van der Waals surface area contributed by atoms with E-state index in [9.17, 15) is 12.8 Å². The number of nitriles is 1. The predicted octanol–water partition coefficient (Wildman–Crippen LogP) is 3.48. The van der Waals surface area contributed by atoms with E-state index in [1.54, 1.807) is 44.6 Å². The Labute approximate surface area is 172 Å². The molecule has 1 aromatic heterocycles. The summed E-state index contributed by atoms with van der Waals surface area (Å²) < 4.78 is 44.0. The van der Waals surface area contributed by atoms with Gasteiger partial charge >= 0.3 is 0 Å². The summed E-state index contributed by atoms with van der Waals surface area (Å²) in [7, 11) is -0.647. The molecule has 0 saturated carbocycles. The normalized spacial score (nSPS) is 11.6. The van der Waals surface area contributed by atoms with Gasteiger partial charge in [-0.2, -0.15) is 18.8 Å². The Morgan fingerprint density at radius 2 is 2.00 bits per heavy atom. The van der Waals surface area contributed by atoms with Gasteiger partial charge in [0.2, 0.25) is 0 Å². The summed E-state index contributed by atoms with van der Waals surface area (Å²) in [5, 5.41) is 13.3. The minimum absolute atomic E-state index is 0.0318. The first-order valence-corrected chi connectivity index (χ1v) is 10.1. The topological polar surface area (TPSA) is 91.4 Å². The Morgan fingerprint density at radius 3 is 2.69 bits per heavy atom. The zero-order chi connectivity index (χ0) is 21.2. The van der Waals surface area contributed by atoms with E-state index in [2.05, 4.69) is 9.50 Å². The molecule has 29 heavy (non-hydrogen) atoms.